The minimum absolute atomic E-state index is 0.0774. The van der Waals surface area contributed by atoms with Gasteiger partial charge in [0.25, 0.3) is 0 Å². The van der Waals surface area contributed by atoms with Crippen molar-refractivity contribution in [3.63, 3.8) is 0 Å². The van der Waals surface area contributed by atoms with Gasteiger partial charge in [-0.1, -0.05) is 12.0 Å². The van der Waals surface area contributed by atoms with Crippen molar-refractivity contribution in [1.29, 1.82) is 0 Å². The van der Waals surface area contributed by atoms with Crippen molar-refractivity contribution < 1.29 is 9.13 Å². The molecule has 0 amide bonds. The van der Waals surface area contributed by atoms with E-state index in [2.05, 4.69) is 26.5 Å². The molecule has 1 aromatic heterocycles. The third kappa shape index (κ3) is 4.73. The topological polar surface area (TPSA) is 59.1 Å². The van der Waals surface area contributed by atoms with Crippen LogP contribution >= 0.6 is 0 Å². The Morgan fingerprint density at radius 2 is 1.78 bits per heavy atom. The summed E-state index contributed by atoms with van der Waals surface area (Å²) in [5, 5.41) is 6.03. The third-order valence-electron chi connectivity index (χ3n) is 3.95. The van der Waals surface area contributed by atoms with E-state index in [9.17, 15) is 4.39 Å². The summed E-state index contributed by atoms with van der Waals surface area (Å²) in [5.41, 5.74) is 3.84. The minimum Gasteiger partial charge on any atom is -0.481 e. The molecule has 0 radical (unpaired) electrons. The van der Waals surface area contributed by atoms with Crippen LogP contribution < -0.4 is 15.4 Å². The van der Waals surface area contributed by atoms with E-state index in [-0.39, 0.29) is 12.4 Å². The highest BCUT2D eigenvalue weighted by Gasteiger charge is 2.08. The predicted molar refractivity (Wildman–Crippen MR) is 105 cm³/mol. The van der Waals surface area contributed by atoms with Crippen LogP contribution in [0.2, 0.25) is 0 Å². The number of rotatable bonds is 6. The van der Waals surface area contributed by atoms with Gasteiger partial charge in [-0.15, -0.1) is 6.42 Å². The number of hydrogen-bond acceptors (Lipinski definition) is 5. The Balaban J connectivity index is 1.75. The molecule has 0 unspecified atom stereocenters. The summed E-state index contributed by atoms with van der Waals surface area (Å²) in [6.07, 6.45) is 6.29. The lowest BCUT2D eigenvalue weighted by atomic mass is 10.1. The van der Waals surface area contributed by atoms with Gasteiger partial charge in [-0.25, -0.2) is 9.37 Å². The van der Waals surface area contributed by atoms with Crippen LogP contribution in [-0.2, 0) is 0 Å². The fraction of sp³-hybridized carbons (Fsp3) is 0.143. The van der Waals surface area contributed by atoms with Crippen molar-refractivity contribution in [2.45, 2.75) is 13.8 Å². The fourth-order valence-electron chi connectivity index (χ4n) is 2.36. The number of anilines is 4. The zero-order valence-electron chi connectivity index (χ0n) is 15.1. The summed E-state index contributed by atoms with van der Waals surface area (Å²) >= 11 is 0. The summed E-state index contributed by atoms with van der Waals surface area (Å²) in [7, 11) is 0. The smallest absolute Gasteiger partial charge is 0.229 e. The largest absolute Gasteiger partial charge is 0.481 e. The highest BCUT2D eigenvalue weighted by atomic mass is 19.1. The number of hydrogen-bond donors (Lipinski definition) is 2. The van der Waals surface area contributed by atoms with E-state index in [1.807, 2.05) is 32.0 Å². The maximum Gasteiger partial charge on any atom is 0.229 e. The summed E-state index contributed by atoms with van der Waals surface area (Å²) in [6, 6.07) is 12.9. The molecule has 1 heterocycles. The van der Waals surface area contributed by atoms with Gasteiger partial charge in [0.1, 0.15) is 12.4 Å². The van der Waals surface area contributed by atoms with Gasteiger partial charge in [0.05, 0.1) is 6.20 Å². The van der Waals surface area contributed by atoms with Crippen molar-refractivity contribution in [2.75, 3.05) is 17.2 Å². The Labute approximate surface area is 157 Å². The standard InChI is InChI=1S/C21H19FN4O/c1-4-11-27-18-9-7-16(8-10-18)24-20-19(22)13-23-21(26-20)25-17-6-5-14(2)15(3)12-17/h1,5-10,12-13H,11H2,2-3H3,(H2,23,24,25,26). The van der Waals surface area contributed by atoms with E-state index >= 15 is 0 Å². The molecule has 0 fully saturated rings. The zero-order chi connectivity index (χ0) is 19.2. The molecule has 5 nitrogen and oxygen atoms in total. The molecule has 0 atom stereocenters. The summed E-state index contributed by atoms with van der Waals surface area (Å²) < 4.78 is 19.4. The number of benzene rings is 2. The first kappa shape index (κ1) is 18.2. The highest BCUT2D eigenvalue weighted by molar-refractivity contribution is 5.61. The molecule has 27 heavy (non-hydrogen) atoms. The van der Waals surface area contributed by atoms with Crippen molar-refractivity contribution in [1.82, 2.24) is 9.97 Å². The Kier molecular flexibility index (Phi) is 5.53. The zero-order valence-corrected chi connectivity index (χ0v) is 15.1. The summed E-state index contributed by atoms with van der Waals surface area (Å²) in [6.45, 7) is 4.26. The van der Waals surface area contributed by atoms with Crippen LogP contribution in [0.25, 0.3) is 0 Å². The lowest BCUT2D eigenvalue weighted by Gasteiger charge is -2.11. The number of nitrogens with one attached hydrogen (secondary N) is 2. The molecule has 3 aromatic rings. The molecule has 3 rings (SSSR count). The lowest BCUT2D eigenvalue weighted by molar-refractivity contribution is 0.370. The van der Waals surface area contributed by atoms with E-state index in [1.54, 1.807) is 24.3 Å². The Morgan fingerprint density at radius 3 is 2.48 bits per heavy atom. The number of halogens is 1. The first-order valence-electron chi connectivity index (χ1n) is 8.35. The van der Waals surface area contributed by atoms with Crippen LogP contribution in [0.15, 0.2) is 48.7 Å². The maximum absolute atomic E-state index is 14.1. The lowest BCUT2D eigenvalue weighted by Crippen LogP contribution is -2.03. The average Bonchev–Trinajstić information content (AvgIpc) is 2.67. The summed E-state index contributed by atoms with van der Waals surface area (Å²) in [4.78, 5) is 8.22. The molecule has 0 aliphatic heterocycles. The normalized spacial score (nSPS) is 10.1. The van der Waals surface area contributed by atoms with Gasteiger partial charge >= 0.3 is 0 Å². The predicted octanol–water partition coefficient (Wildman–Crippen LogP) is 4.73. The Hall–Kier alpha value is -3.59. The number of aryl methyl sites for hydroxylation is 2. The van der Waals surface area contributed by atoms with Crippen molar-refractivity contribution in [3.8, 4) is 18.1 Å². The number of aromatic nitrogens is 2. The number of terminal acetylenes is 1. The van der Waals surface area contributed by atoms with Gasteiger partial charge in [0, 0.05) is 11.4 Å². The fourth-order valence-corrected chi connectivity index (χ4v) is 2.36. The van der Waals surface area contributed by atoms with Gasteiger partial charge in [0.15, 0.2) is 11.6 Å². The van der Waals surface area contributed by atoms with Crippen LogP contribution in [-0.4, -0.2) is 16.6 Å². The number of ether oxygens (including phenoxy) is 1. The van der Waals surface area contributed by atoms with Gasteiger partial charge in [-0.3, -0.25) is 0 Å². The number of nitrogens with zero attached hydrogens (tertiary/aromatic N) is 2. The maximum atomic E-state index is 14.1. The molecule has 2 aromatic carbocycles. The molecule has 0 aliphatic carbocycles. The molecule has 0 aliphatic rings. The van der Waals surface area contributed by atoms with Gasteiger partial charge in [-0.05, 0) is 61.4 Å². The minimum atomic E-state index is -0.548. The summed E-state index contributed by atoms with van der Waals surface area (Å²) in [5.74, 6) is 2.87. The van der Waals surface area contributed by atoms with E-state index in [4.69, 9.17) is 11.2 Å². The van der Waals surface area contributed by atoms with Crippen molar-refractivity contribution in [2.24, 2.45) is 0 Å². The molecule has 6 heteroatoms. The molecule has 0 bridgehead atoms. The molecular weight excluding hydrogens is 343 g/mol. The SMILES string of the molecule is C#CCOc1ccc(Nc2nc(Nc3ccc(C)c(C)c3)ncc2F)cc1. The van der Waals surface area contributed by atoms with E-state index in [1.165, 1.54) is 5.56 Å². The van der Waals surface area contributed by atoms with Gasteiger partial charge in [-0.2, -0.15) is 4.98 Å². The molecule has 2 N–H and O–H groups in total. The average molecular weight is 362 g/mol. The molecule has 0 spiro atoms. The quantitative estimate of drug-likeness (QED) is 0.621. The monoisotopic (exact) mass is 362 g/mol. The van der Waals surface area contributed by atoms with Gasteiger partial charge < -0.3 is 15.4 Å². The van der Waals surface area contributed by atoms with E-state index in [0.717, 1.165) is 17.4 Å². The van der Waals surface area contributed by atoms with E-state index in [0.29, 0.717) is 17.4 Å². The first-order chi connectivity index (χ1) is 13.0. The molecule has 0 saturated heterocycles. The Bertz CT molecular complexity index is 980. The Morgan fingerprint density at radius 1 is 1.04 bits per heavy atom. The van der Waals surface area contributed by atoms with Crippen LogP contribution in [0.4, 0.5) is 27.5 Å². The second kappa shape index (κ2) is 8.19. The molecule has 0 saturated carbocycles. The van der Waals surface area contributed by atoms with Crippen molar-refractivity contribution >= 4 is 23.1 Å². The third-order valence-corrected chi connectivity index (χ3v) is 3.95. The molecule has 136 valence electrons. The second-order valence-electron chi connectivity index (χ2n) is 5.96. The molecular formula is C21H19FN4O. The van der Waals surface area contributed by atoms with Crippen LogP contribution in [0, 0.1) is 32.0 Å². The van der Waals surface area contributed by atoms with Crippen LogP contribution in [0.5, 0.6) is 5.75 Å². The van der Waals surface area contributed by atoms with Crippen LogP contribution in [0.3, 0.4) is 0 Å². The van der Waals surface area contributed by atoms with Crippen molar-refractivity contribution in [3.05, 3.63) is 65.6 Å². The first-order valence-corrected chi connectivity index (χ1v) is 8.35. The van der Waals surface area contributed by atoms with Gasteiger partial charge in [0.2, 0.25) is 5.95 Å². The highest BCUT2D eigenvalue weighted by Crippen LogP contribution is 2.23. The van der Waals surface area contributed by atoms with Crippen LogP contribution in [0.1, 0.15) is 11.1 Å². The second-order valence-corrected chi connectivity index (χ2v) is 5.96. The van der Waals surface area contributed by atoms with E-state index < -0.39 is 5.82 Å².